The van der Waals surface area contributed by atoms with Gasteiger partial charge in [0.15, 0.2) is 11.5 Å². The van der Waals surface area contributed by atoms with Crippen molar-refractivity contribution >= 4 is 29.1 Å². The number of aromatic nitrogens is 5. The van der Waals surface area contributed by atoms with Gasteiger partial charge in [-0.15, -0.1) is 0 Å². The summed E-state index contributed by atoms with van der Waals surface area (Å²) in [4.78, 5) is 25.2. The van der Waals surface area contributed by atoms with E-state index in [0.29, 0.717) is 17.9 Å². The smallest absolute Gasteiger partial charge is 0.383 e. The second-order valence-electron chi connectivity index (χ2n) is 7.98. The number of ether oxygens (including phenoxy) is 1. The number of nitrogens with one attached hydrogen (secondary N) is 2. The average Bonchev–Trinajstić information content (AvgIpc) is 3.28. The molecule has 198 valence electrons. The predicted octanol–water partition coefficient (Wildman–Crippen LogP) is 4.96. The molecule has 3 aromatic heterocycles. The molecular weight excluding hydrogens is 530 g/mol. The van der Waals surface area contributed by atoms with Crippen LogP contribution in [-0.4, -0.2) is 50.9 Å². The van der Waals surface area contributed by atoms with E-state index in [1.165, 1.54) is 50.8 Å². The lowest BCUT2D eigenvalue weighted by molar-refractivity contribution is -0.141. The van der Waals surface area contributed by atoms with E-state index in [0.717, 1.165) is 16.8 Å². The zero-order valence-electron chi connectivity index (χ0n) is 20.0. The Morgan fingerprint density at radius 2 is 1.95 bits per heavy atom. The molecule has 0 aliphatic rings. The minimum atomic E-state index is -4.68. The number of rotatable bonds is 8. The lowest BCUT2D eigenvalue weighted by Crippen LogP contribution is -2.27. The van der Waals surface area contributed by atoms with Crippen molar-refractivity contribution < 1.29 is 27.1 Å². The average molecular weight is 550 g/mol. The molecule has 0 saturated heterocycles. The molecule has 0 bridgehead atoms. The lowest BCUT2D eigenvalue weighted by atomic mass is 10.1. The van der Waals surface area contributed by atoms with Crippen LogP contribution in [0.25, 0.3) is 16.9 Å². The van der Waals surface area contributed by atoms with Crippen LogP contribution in [0.3, 0.4) is 0 Å². The van der Waals surface area contributed by atoms with Gasteiger partial charge in [0, 0.05) is 54.8 Å². The first-order valence-corrected chi connectivity index (χ1v) is 11.4. The number of amides is 1. The first-order valence-electron chi connectivity index (χ1n) is 11.0. The number of pyridine rings is 1. The predicted molar refractivity (Wildman–Crippen MR) is 131 cm³/mol. The first kappa shape index (κ1) is 26.9. The lowest BCUT2D eigenvalue weighted by Gasteiger charge is -2.14. The number of hydrogen-bond donors (Lipinski definition) is 2. The Morgan fingerprint density at radius 1 is 1.16 bits per heavy atom. The number of aryl methyl sites for hydroxylation is 1. The van der Waals surface area contributed by atoms with Crippen molar-refractivity contribution in [2.75, 3.05) is 25.6 Å². The van der Waals surface area contributed by atoms with Crippen molar-refractivity contribution in [2.45, 2.75) is 13.1 Å². The van der Waals surface area contributed by atoms with Gasteiger partial charge in [-0.1, -0.05) is 11.6 Å². The molecule has 4 aromatic rings. The van der Waals surface area contributed by atoms with E-state index in [1.54, 1.807) is 0 Å². The summed E-state index contributed by atoms with van der Waals surface area (Å²) in [6.45, 7) is 2.03. The highest BCUT2D eigenvalue weighted by atomic mass is 35.5. The van der Waals surface area contributed by atoms with Gasteiger partial charge in [-0.2, -0.15) is 23.3 Å². The van der Waals surface area contributed by atoms with Crippen molar-refractivity contribution in [3.8, 4) is 16.9 Å². The Labute approximate surface area is 218 Å². The molecule has 14 heteroatoms. The van der Waals surface area contributed by atoms with Crippen LogP contribution >= 0.6 is 11.6 Å². The van der Waals surface area contributed by atoms with Gasteiger partial charge in [0.25, 0.3) is 5.91 Å². The molecule has 0 atom stereocenters. The molecule has 0 unspecified atom stereocenters. The summed E-state index contributed by atoms with van der Waals surface area (Å²) in [5.41, 5.74) is 0.213. The summed E-state index contributed by atoms with van der Waals surface area (Å²) >= 11 is 5.84. The van der Waals surface area contributed by atoms with Crippen LogP contribution in [0.4, 0.5) is 29.2 Å². The second kappa shape index (κ2) is 11.1. The highest BCUT2D eigenvalue weighted by Crippen LogP contribution is 2.32. The van der Waals surface area contributed by atoms with E-state index in [9.17, 15) is 22.4 Å². The zero-order chi connectivity index (χ0) is 27.4. The summed E-state index contributed by atoms with van der Waals surface area (Å²) < 4.78 is 59.7. The van der Waals surface area contributed by atoms with Crippen molar-refractivity contribution in [2.24, 2.45) is 0 Å². The molecule has 0 aliphatic carbocycles. The quantitative estimate of drug-likeness (QED) is 0.236. The molecule has 0 aliphatic heterocycles. The van der Waals surface area contributed by atoms with E-state index in [4.69, 9.17) is 16.3 Å². The number of carbonyl (C=O) groups is 1. The zero-order valence-corrected chi connectivity index (χ0v) is 20.7. The summed E-state index contributed by atoms with van der Waals surface area (Å²) in [6.07, 6.45) is -0.559. The van der Waals surface area contributed by atoms with Gasteiger partial charge in [0.1, 0.15) is 5.82 Å². The summed E-state index contributed by atoms with van der Waals surface area (Å²) in [5, 5.41) is 9.09. The van der Waals surface area contributed by atoms with E-state index in [-0.39, 0.29) is 40.2 Å². The Hall–Kier alpha value is -4.10. The number of hydrogen-bond acceptors (Lipinski definition) is 7. The molecule has 0 saturated carbocycles. The highest BCUT2D eigenvalue weighted by molar-refractivity contribution is 6.31. The van der Waals surface area contributed by atoms with Crippen molar-refractivity contribution in [1.82, 2.24) is 30.0 Å². The molecule has 0 radical (unpaired) electrons. The molecule has 1 aromatic carbocycles. The van der Waals surface area contributed by atoms with Gasteiger partial charge in [0.05, 0.1) is 17.2 Å². The van der Waals surface area contributed by atoms with Crippen molar-refractivity contribution in [3.63, 3.8) is 0 Å². The summed E-state index contributed by atoms with van der Waals surface area (Å²) in [7, 11) is 1.50. The van der Waals surface area contributed by atoms with Gasteiger partial charge in [-0.05, 0) is 37.3 Å². The van der Waals surface area contributed by atoms with Gasteiger partial charge in [-0.25, -0.2) is 14.1 Å². The van der Waals surface area contributed by atoms with Crippen LogP contribution in [0.5, 0.6) is 0 Å². The van der Waals surface area contributed by atoms with Gasteiger partial charge in [0.2, 0.25) is 5.95 Å². The molecule has 9 nitrogen and oxygen atoms in total. The van der Waals surface area contributed by atoms with Crippen molar-refractivity contribution in [1.29, 1.82) is 0 Å². The minimum Gasteiger partial charge on any atom is -0.383 e. The third kappa shape index (κ3) is 6.06. The van der Waals surface area contributed by atoms with E-state index >= 15 is 0 Å². The van der Waals surface area contributed by atoms with Crippen LogP contribution in [0.15, 0.2) is 48.9 Å². The number of methoxy groups -OCH3 is 1. The number of nitrogens with zero attached hydrogens (tertiary/aromatic N) is 5. The number of halogens is 5. The topological polar surface area (TPSA) is 107 Å². The monoisotopic (exact) mass is 549 g/mol. The van der Waals surface area contributed by atoms with Crippen LogP contribution in [0.2, 0.25) is 5.02 Å². The normalized spacial score (nSPS) is 11.4. The fraction of sp³-hybridized carbons (Fsp3) is 0.208. The minimum absolute atomic E-state index is 0.0116. The fourth-order valence-electron chi connectivity index (χ4n) is 3.41. The van der Waals surface area contributed by atoms with Crippen LogP contribution in [0, 0.1) is 12.7 Å². The highest BCUT2D eigenvalue weighted by Gasteiger charge is 2.35. The summed E-state index contributed by atoms with van der Waals surface area (Å²) in [6, 6.07) is 6.24. The number of alkyl halides is 3. The largest absolute Gasteiger partial charge is 0.435 e. The third-order valence-corrected chi connectivity index (χ3v) is 5.52. The second-order valence-corrected chi connectivity index (χ2v) is 8.38. The van der Waals surface area contributed by atoms with E-state index in [1.807, 2.05) is 0 Å². The Morgan fingerprint density at radius 3 is 2.63 bits per heavy atom. The Balaban J connectivity index is 1.79. The van der Waals surface area contributed by atoms with Crippen LogP contribution < -0.4 is 10.6 Å². The molecule has 0 fully saturated rings. The van der Waals surface area contributed by atoms with Gasteiger partial charge < -0.3 is 15.4 Å². The first-order chi connectivity index (χ1) is 18.1. The van der Waals surface area contributed by atoms with Crippen LogP contribution in [0.1, 0.15) is 21.7 Å². The van der Waals surface area contributed by atoms with Crippen LogP contribution in [-0.2, 0) is 10.9 Å². The molecule has 38 heavy (non-hydrogen) atoms. The van der Waals surface area contributed by atoms with Crippen molar-refractivity contribution in [3.05, 3.63) is 76.7 Å². The summed E-state index contributed by atoms with van der Waals surface area (Å²) in [5.74, 6) is -1.07. The Bertz CT molecular complexity index is 1480. The standard InChI is InChI=1S/C24H20ClF4N7O2/c1-13-7-20(24(27,28)29)35-36(13)21-17(14-8-15(11-30-10-14)22(37)31-5-6-38-2)12-32-23(34-21)33-16-3-4-19(26)18(25)9-16/h3-4,7-12H,5-6H2,1-2H3,(H,31,37)(H,32,33,34). The maximum Gasteiger partial charge on any atom is 0.435 e. The fourth-order valence-corrected chi connectivity index (χ4v) is 3.59. The molecule has 0 spiro atoms. The maximum atomic E-state index is 13.5. The van der Waals surface area contributed by atoms with E-state index < -0.39 is 23.6 Å². The third-order valence-electron chi connectivity index (χ3n) is 5.23. The number of benzene rings is 1. The molecule has 3 heterocycles. The molecule has 2 N–H and O–H groups in total. The molecule has 1 amide bonds. The van der Waals surface area contributed by atoms with E-state index in [2.05, 4.69) is 30.7 Å². The SMILES string of the molecule is COCCNC(=O)c1cncc(-c2cnc(Nc3ccc(F)c(Cl)c3)nc2-n2nc(C(F)(F)F)cc2C)c1. The number of carbonyl (C=O) groups excluding carboxylic acids is 1. The molecule has 4 rings (SSSR count). The Kier molecular flexibility index (Phi) is 7.88. The van der Waals surface area contributed by atoms with Gasteiger partial charge in [-0.3, -0.25) is 9.78 Å². The number of anilines is 2. The van der Waals surface area contributed by atoms with Gasteiger partial charge >= 0.3 is 6.18 Å². The molecular formula is C24H20ClF4N7O2. The maximum absolute atomic E-state index is 13.5.